The second kappa shape index (κ2) is 7.94. The Labute approximate surface area is 189 Å². The molecular formula is C25H21BrN2O3. The number of hydrogen-bond acceptors (Lipinski definition) is 4. The number of rotatable bonds is 4. The van der Waals surface area contributed by atoms with Crippen LogP contribution in [0.5, 0.6) is 0 Å². The number of halogens is 1. The summed E-state index contributed by atoms with van der Waals surface area (Å²) in [5, 5.41) is 1.73. The summed E-state index contributed by atoms with van der Waals surface area (Å²) in [5.74, 6) is -1.19. The Hall–Kier alpha value is -2.96. The summed E-state index contributed by atoms with van der Waals surface area (Å²) >= 11 is 3.40. The molecule has 2 amide bonds. The van der Waals surface area contributed by atoms with Gasteiger partial charge < -0.3 is 0 Å². The van der Waals surface area contributed by atoms with Crippen molar-refractivity contribution < 1.29 is 14.4 Å². The van der Waals surface area contributed by atoms with Gasteiger partial charge in [-0.3, -0.25) is 14.4 Å². The van der Waals surface area contributed by atoms with Crippen LogP contribution in [-0.4, -0.2) is 17.9 Å². The second-order valence-electron chi connectivity index (χ2n) is 7.74. The Morgan fingerprint density at radius 2 is 1.52 bits per heavy atom. The fraction of sp³-hybridized carbons (Fsp3) is 0.200. The second-order valence-corrected chi connectivity index (χ2v) is 8.66. The van der Waals surface area contributed by atoms with E-state index in [1.165, 1.54) is 10.5 Å². The molecule has 156 valence electrons. The van der Waals surface area contributed by atoms with E-state index in [0.717, 1.165) is 22.1 Å². The van der Waals surface area contributed by atoms with Crippen LogP contribution in [0.15, 0.2) is 83.3 Å². The van der Waals surface area contributed by atoms with E-state index in [4.69, 9.17) is 4.84 Å². The van der Waals surface area contributed by atoms with Crippen molar-refractivity contribution in [3.8, 4) is 0 Å². The van der Waals surface area contributed by atoms with E-state index >= 15 is 0 Å². The predicted molar refractivity (Wildman–Crippen MR) is 122 cm³/mol. The molecule has 3 atom stereocenters. The van der Waals surface area contributed by atoms with Crippen LogP contribution in [0.4, 0.5) is 11.4 Å². The Bertz CT molecular complexity index is 1120. The summed E-state index contributed by atoms with van der Waals surface area (Å²) in [7, 11) is 0. The lowest BCUT2D eigenvalue weighted by Gasteiger charge is -2.28. The minimum Gasteiger partial charge on any atom is -0.273 e. The smallest absolute Gasteiger partial charge is 0.266 e. The normalized spacial score (nSPS) is 22.8. The number of anilines is 2. The van der Waals surface area contributed by atoms with Crippen LogP contribution in [0.2, 0.25) is 0 Å². The summed E-state index contributed by atoms with van der Waals surface area (Å²) in [6.07, 6.45) is 0.0807. The highest BCUT2D eigenvalue weighted by Crippen LogP contribution is 2.47. The van der Waals surface area contributed by atoms with Crippen LogP contribution in [0.25, 0.3) is 0 Å². The first-order chi connectivity index (χ1) is 15.1. The van der Waals surface area contributed by atoms with E-state index in [1.807, 2.05) is 54.6 Å². The van der Waals surface area contributed by atoms with Crippen LogP contribution in [0.1, 0.15) is 24.1 Å². The van der Waals surface area contributed by atoms with Gasteiger partial charge in [0.15, 0.2) is 6.10 Å². The van der Waals surface area contributed by atoms with Gasteiger partial charge in [-0.1, -0.05) is 65.3 Å². The number of para-hydroxylation sites is 1. The lowest BCUT2D eigenvalue weighted by atomic mass is 9.90. The molecule has 0 aliphatic carbocycles. The standard InChI is InChI=1S/C25H21BrN2O3/c1-2-16-8-10-17(11-9-16)22-21-23(31-28(22)20-6-4-3-5-7-20)25(30)27(24(21)29)19-14-12-18(26)13-15-19/h3-15,21-23H,2H2,1H3/t21-,22-,23-/m1/s1. The summed E-state index contributed by atoms with van der Waals surface area (Å²) < 4.78 is 0.885. The molecule has 2 aliphatic rings. The van der Waals surface area contributed by atoms with E-state index in [9.17, 15) is 9.59 Å². The Kier molecular flexibility index (Phi) is 5.12. The van der Waals surface area contributed by atoms with Crippen LogP contribution in [0, 0.1) is 5.92 Å². The summed E-state index contributed by atoms with van der Waals surface area (Å²) in [6.45, 7) is 2.11. The maximum Gasteiger partial charge on any atom is 0.266 e. The number of carbonyl (C=O) groups is 2. The van der Waals surface area contributed by atoms with Gasteiger partial charge in [0.2, 0.25) is 5.91 Å². The molecule has 5 nitrogen and oxygen atoms in total. The van der Waals surface area contributed by atoms with Crippen LogP contribution < -0.4 is 9.96 Å². The number of nitrogens with zero attached hydrogens (tertiary/aromatic N) is 2. The van der Waals surface area contributed by atoms with Gasteiger partial charge in [0.05, 0.1) is 17.4 Å². The minimum atomic E-state index is -0.854. The number of aryl methyl sites for hydroxylation is 1. The van der Waals surface area contributed by atoms with Gasteiger partial charge in [-0.05, 0) is 53.9 Å². The molecule has 0 bridgehead atoms. The number of amides is 2. The fourth-order valence-corrected chi connectivity index (χ4v) is 4.61. The number of hydroxylamine groups is 1. The first kappa shape index (κ1) is 20.0. The van der Waals surface area contributed by atoms with Crippen molar-refractivity contribution >= 4 is 39.1 Å². The maximum absolute atomic E-state index is 13.6. The molecule has 5 rings (SSSR count). The van der Waals surface area contributed by atoms with Gasteiger partial charge >= 0.3 is 0 Å². The molecule has 2 fully saturated rings. The number of carbonyl (C=O) groups excluding carboxylic acids is 2. The highest BCUT2D eigenvalue weighted by atomic mass is 79.9. The van der Waals surface area contributed by atoms with Crippen molar-refractivity contribution in [2.75, 3.05) is 9.96 Å². The molecule has 3 aromatic carbocycles. The number of fused-ring (bicyclic) bond motifs is 1. The summed E-state index contributed by atoms with van der Waals surface area (Å²) in [5.41, 5.74) is 3.54. The average Bonchev–Trinajstić information content (AvgIpc) is 3.31. The number of benzene rings is 3. The van der Waals surface area contributed by atoms with Crippen LogP contribution in [0.3, 0.4) is 0 Å². The molecule has 3 aromatic rings. The third-order valence-corrected chi connectivity index (χ3v) is 6.47. The zero-order valence-electron chi connectivity index (χ0n) is 16.9. The van der Waals surface area contributed by atoms with Gasteiger partial charge in [0, 0.05) is 4.47 Å². The quantitative estimate of drug-likeness (QED) is 0.493. The molecule has 0 aromatic heterocycles. The van der Waals surface area contributed by atoms with Crippen molar-refractivity contribution in [2.24, 2.45) is 5.92 Å². The molecule has 2 saturated heterocycles. The van der Waals surface area contributed by atoms with E-state index in [1.54, 1.807) is 17.2 Å². The minimum absolute atomic E-state index is 0.236. The van der Waals surface area contributed by atoms with Gasteiger partial charge in [-0.2, -0.15) is 0 Å². The first-order valence-corrected chi connectivity index (χ1v) is 11.1. The molecule has 0 radical (unpaired) electrons. The molecule has 0 saturated carbocycles. The lowest BCUT2D eigenvalue weighted by Crippen LogP contribution is -2.37. The van der Waals surface area contributed by atoms with Crippen molar-refractivity contribution in [1.29, 1.82) is 0 Å². The SMILES string of the molecule is CCc1ccc([C@@H]2[C@H]3C(=O)N(c4ccc(Br)cc4)C(=O)[C@@H]3ON2c2ccccc2)cc1. The molecule has 0 spiro atoms. The molecule has 31 heavy (non-hydrogen) atoms. The molecule has 0 N–H and O–H groups in total. The van der Waals surface area contributed by atoms with E-state index < -0.39 is 18.1 Å². The molecule has 2 heterocycles. The third-order valence-electron chi connectivity index (χ3n) is 5.94. The molecule has 0 unspecified atom stereocenters. The first-order valence-electron chi connectivity index (χ1n) is 10.3. The molecular weight excluding hydrogens is 456 g/mol. The van der Waals surface area contributed by atoms with Crippen LogP contribution in [-0.2, 0) is 20.8 Å². The highest BCUT2D eigenvalue weighted by molar-refractivity contribution is 9.10. The Balaban J connectivity index is 1.57. The van der Waals surface area contributed by atoms with Crippen molar-refractivity contribution in [1.82, 2.24) is 0 Å². The Morgan fingerprint density at radius 3 is 2.16 bits per heavy atom. The van der Waals surface area contributed by atoms with Gasteiger partial charge in [-0.25, -0.2) is 9.96 Å². The third kappa shape index (κ3) is 3.36. The van der Waals surface area contributed by atoms with Gasteiger partial charge in [0.25, 0.3) is 5.91 Å². The topological polar surface area (TPSA) is 49.9 Å². The van der Waals surface area contributed by atoms with E-state index in [0.29, 0.717) is 5.69 Å². The molecule has 2 aliphatic heterocycles. The number of imide groups is 1. The zero-order valence-corrected chi connectivity index (χ0v) is 18.5. The monoisotopic (exact) mass is 476 g/mol. The number of hydrogen-bond donors (Lipinski definition) is 0. The predicted octanol–water partition coefficient (Wildman–Crippen LogP) is 5.06. The largest absolute Gasteiger partial charge is 0.273 e. The zero-order chi connectivity index (χ0) is 21.5. The van der Waals surface area contributed by atoms with Crippen molar-refractivity contribution in [3.05, 3.63) is 94.5 Å². The highest BCUT2D eigenvalue weighted by Gasteiger charge is 2.60. The molecule has 6 heteroatoms. The average molecular weight is 477 g/mol. The van der Waals surface area contributed by atoms with Gasteiger partial charge in [-0.15, -0.1) is 0 Å². The summed E-state index contributed by atoms with van der Waals surface area (Å²) in [4.78, 5) is 34.3. The van der Waals surface area contributed by atoms with E-state index in [-0.39, 0.29) is 11.8 Å². The lowest BCUT2D eigenvalue weighted by molar-refractivity contribution is -0.126. The van der Waals surface area contributed by atoms with Crippen molar-refractivity contribution in [3.63, 3.8) is 0 Å². The van der Waals surface area contributed by atoms with Crippen LogP contribution >= 0.6 is 15.9 Å². The summed E-state index contributed by atoms with van der Waals surface area (Å²) in [6, 6.07) is 24.6. The van der Waals surface area contributed by atoms with E-state index in [2.05, 4.69) is 35.0 Å². The maximum atomic E-state index is 13.6. The fourth-order valence-electron chi connectivity index (χ4n) is 4.35. The Morgan fingerprint density at radius 1 is 0.839 bits per heavy atom. The van der Waals surface area contributed by atoms with Gasteiger partial charge in [0.1, 0.15) is 5.92 Å². The van der Waals surface area contributed by atoms with Crippen molar-refractivity contribution in [2.45, 2.75) is 25.5 Å².